The number of carbonyl (C=O) groups is 2. The Balaban J connectivity index is 1.47. The van der Waals surface area contributed by atoms with Crippen LogP contribution in [0.2, 0.25) is 5.02 Å². The van der Waals surface area contributed by atoms with Crippen molar-refractivity contribution >= 4 is 46.0 Å². The molecule has 0 bridgehead atoms. The van der Waals surface area contributed by atoms with Gasteiger partial charge >= 0.3 is 5.69 Å². The van der Waals surface area contributed by atoms with Gasteiger partial charge in [0.15, 0.2) is 5.75 Å². The van der Waals surface area contributed by atoms with Crippen molar-refractivity contribution in [1.29, 1.82) is 0 Å². The predicted octanol–water partition coefficient (Wildman–Crippen LogP) is 2.65. The van der Waals surface area contributed by atoms with Crippen molar-refractivity contribution in [3.63, 3.8) is 0 Å². The molecular formula is C30H27ClN6O7. The number of imidazole rings is 1. The molecule has 4 aromatic rings. The molecule has 2 aromatic carbocycles. The fourth-order valence-electron chi connectivity index (χ4n) is 6.81. The van der Waals surface area contributed by atoms with Crippen LogP contribution in [0.5, 0.6) is 17.2 Å². The summed E-state index contributed by atoms with van der Waals surface area (Å²) in [5.41, 5.74) is 5.70. The maximum absolute atomic E-state index is 14.9. The summed E-state index contributed by atoms with van der Waals surface area (Å²) >= 11 is 6.61. The summed E-state index contributed by atoms with van der Waals surface area (Å²) in [5.74, 6) is -2.44. The van der Waals surface area contributed by atoms with Gasteiger partial charge in [-0.25, -0.2) is 4.79 Å². The summed E-state index contributed by atoms with van der Waals surface area (Å²) in [6, 6.07) is 6.73. The Kier molecular flexibility index (Phi) is 5.83. The van der Waals surface area contributed by atoms with Crippen LogP contribution in [0.3, 0.4) is 0 Å². The van der Waals surface area contributed by atoms with Gasteiger partial charge in [0, 0.05) is 43.3 Å². The molecule has 1 aliphatic carbocycles. The van der Waals surface area contributed by atoms with Crippen LogP contribution in [0.4, 0.5) is 11.8 Å². The number of carbonyl (C=O) groups excluding carboxylic acids is 2. The summed E-state index contributed by atoms with van der Waals surface area (Å²) in [6.45, 7) is 1.74. The first-order valence-corrected chi connectivity index (χ1v) is 14.1. The quantitative estimate of drug-likeness (QED) is 0.290. The molecule has 1 spiro atoms. The van der Waals surface area contributed by atoms with E-state index in [1.807, 2.05) is 0 Å². The third-order valence-electron chi connectivity index (χ3n) is 8.98. The van der Waals surface area contributed by atoms with Crippen LogP contribution in [-0.4, -0.2) is 50.5 Å². The van der Waals surface area contributed by atoms with Crippen molar-refractivity contribution in [2.45, 2.75) is 24.9 Å². The van der Waals surface area contributed by atoms with Crippen LogP contribution in [0.1, 0.15) is 40.7 Å². The topological polar surface area (TPSA) is 173 Å². The molecule has 14 heteroatoms. The Morgan fingerprint density at radius 1 is 1.05 bits per heavy atom. The highest BCUT2D eigenvalue weighted by Crippen LogP contribution is 2.56. The number of rotatable bonds is 3. The number of halogens is 1. The van der Waals surface area contributed by atoms with Gasteiger partial charge in [0.1, 0.15) is 27.9 Å². The minimum Gasteiger partial charge on any atom is -0.496 e. The van der Waals surface area contributed by atoms with E-state index in [9.17, 15) is 19.2 Å². The number of nitrogens with zero attached hydrogens (tertiary/aromatic N) is 3. The van der Waals surface area contributed by atoms with E-state index in [0.29, 0.717) is 22.3 Å². The van der Waals surface area contributed by atoms with E-state index in [1.165, 1.54) is 29.4 Å². The van der Waals surface area contributed by atoms with E-state index in [-0.39, 0.29) is 62.8 Å². The molecule has 0 radical (unpaired) electrons. The predicted molar refractivity (Wildman–Crippen MR) is 161 cm³/mol. The SMILES string of the molecule is COc1cc(OC)c2c(c1Cl)O[C@@]1(C(=O)C3=C(C[C@H]1C)Nc1nc(N)[nH]c(=O)c1C3c1ccc3c(c1)n(C)c(=O)n3C)C2=O. The van der Waals surface area contributed by atoms with E-state index in [1.54, 1.807) is 39.2 Å². The van der Waals surface area contributed by atoms with E-state index in [2.05, 4.69) is 15.3 Å². The molecule has 0 saturated carbocycles. The lowest BCUT2D eigenvalue weighted by atomic mass is 9.66. The Bertz CT molecular complexity index is 2140. The van der Waals surface area contributed by atoms with Crippen molar-refractivity contribution in [3.8, 4) is 17.2 Å². The average molecular weight is 619 g/mol. The number of Topliss-reactive ketones (excluding diaryl/α,β-unsaturated/α-hetero) is 2. The summed E-state index contributed by atoms with van der Waals surface area (Å²) in [7, 11) is 6.11. The zero-order valence-electron chi connectivity index (χ0n) is 24.3. The summed E-state index contributed by atoms with van der Waals surface area (Å²) in [6.07, 6.45) is 0.189. The zero-order chi connectivity index (χ0) is 31.4. The molecule has 2 aliphatic heterocycles. The third kappa shape index (κ3) is 3.38. The van der Waals surface area contributed by atoms with Crippen molar-refractivity contribution in [3.05, 3.63) is 78.1 Å². The lowest BCUT2D eigenvalue weighted by Gasteiger charge is -2.42. The second-order valence-electron chi connectivity index (χ2n) is 11.2. The maximum Gasteiger partial charge on any atom is 0.328 e. The van der Waals surface area contributed by atoms with Crippen LogP contribution < -0.4 is 36.5 Å². The molecule has 4 N–H and O–H groups in total. The molecule has 3 aliphatic rings. The second kappa shape index (κ2) is 9.23. The first-order valence-electron chi connectivity index (χ1n) is 13.7. The van der Waals surface area contributed by atoms with Gasteiger partial charge in [-0.15, -0.1) is 0 Å². The van der Waals surface area contributed by atoms with Crippen LogP contribution in [0.25, 0.3) is 11.0 Å². The van der Waals surface area contributed by atoms with E-state index >= 15 is 0 Å². The Morgan fingerprint density at radius 2 is 1.75 bits per heavy atom. The van der Waals surface area contributed by atoms with E-state index in [4.69, 9.17) is 31.5 Å². The Morgan fingerprint density at radius 3 is 2.45 bits per heavy atom. The van der Waals surface area contributed by atoms with Gasteiger partial charge < -0.3 is 25.3 Å². The zero-order valence-corrected chi connectivity index (χ0v) is 25.1. The number of anilines is 2. The highest BCUT2D eigenvalue weighted by Gasteiger charge is 2.63. The molecule has 1 unspecified atom stereocenters. The largest absolute Gasteiger partial charge is 0.496 e. The minimum atomic E-state index is -2.00. The third-order valence-corrected chi connectivity index (χ3v) is 9.34. The van der Waals surface area contributed by atoms with Gasteiger partial charge in [0.05, 0.1) is 30.8 Å². The van der Waals surface area contributed by atoms with Crippen molar-refractivity contribution < 1.29 is 23.8 Å². The maximum atomic E-state index is 14.9. The van der Waals surface area contributed by atoms with Gasteiger partial charge in [0.2, 0.25) is 23.1 Å². The monoisotopic (exact) mass is 618 g/mol. The van der Waals surface area contributed by atoms with Crippen molar-refractivity contribution in [1.82, 2.24) is 19.1 Å². The molecule has 3 atom stereocenters. The number of aromatic nitrogens is 4. The number of allylic oxidation sites excluding steroid dienone is 1. The lowest BCUT2D eigenvalue weighted by molar-refractivity contribution is -0.130. The molecule has 226 valence electrons. The first-order chi connectivity index (χ1) is 20.9. The van der Waals surface area contributed by atoms with Crippen molar-refractivity contribution in [2.75, 3.05) is 25.3 Å². The number of nitrogens with two attached hydrogens (primary N) is 1. The second-order valence-corrected chi connectivity index (χ2v) is 11.6. The highest BCUT2D eigenvalue weighted by molar-refractivity contribution is 6.36. The standard InChI is InChI=1S/C30H27ClN6O7/c1-11-8-13-19(24(38)30(11)25(39)20-16(42-4)10-17(43-5)22(31)23(20)44-30)18(21-26(33-13)34-28(32)35-27(21)40)12-6-7-14-15(9-12)37(3)29(41)36(14)2/h6-7,9-11,18H,8H2,1-5H3,(H4,32,33,34,35,40)/t11-,18?,30+/m1/s1. The molecule has 7 rings (SSSR count). The number of benzene rings is 2. The van der Waals surface area contributed by atoms with Gasteiger partial charge in [-0.1, -0.05) is 24.6 Å². The molecule has 13 nitrogen and oxygen atoms in total. The average Bonchev–Trinajstić information content (AvgIpc) is 3.42. The van der Waals surface area contributed by atoms with Crippen molar-refractivity contribution in [2.24, 2.45) is 20.0 Å². The molecule has 0 amide bonds. The number of ether oxygens (including phenoxy) is 3. The van der Waals surface area contributed by atoms with Crippen LogP contribution in [0.15, 0.2) is 45.1 Å². The number of methoxy groups -OCH3 is 2. The van der Waals surface area contributed by atoms with E-state index < -0.39 is 34.6 Å². The number of hydrogen-bond donors (Lipinski definition) is 3. The number of nitrogen functional groups attached to an aromatic ring is 1. The number of H-pyrrole nitrogens is 1. The molecule has 44 heavy (non-hydrogen) atoms. The van der Waals surface area contributed by atoms with Gasteiger partial charge in [0.25, 0.3) is 5.56 Å². The number of aromatic amines is 1. The fraction of sp³-hybridized carbons (Fsp3) is 0.300. The highest BCUT2D eigenvalue weighted by atomic mass is 35.5. The molecule has 2 aromatic heterocycles. The fourth-order valence-corrected chi connectivity index (χ4v) is 7.07. The lowest BCUT2D eigenvalue weighted by Crippen LogP contribution is -2.58. The number of aryl methyl sites for hydroxylation is 2. The molecule has 0 saturated heterocycles. The van der Waals surface area contributed by atoms with Gasteiger partial charge in [-0.05, 0) is 24.1 Å². The first kappa shape index (κ1) is 27.8. The summed E-state index contributed by atoms with van der Waals surface area (Å²) in [4.78, 5) is 62.4. The number of ketones is 2. The van der Waals surface area contributed by atoms with Gasteiger partial charge in [-0.3, -0.25) is 28.5 Å². The summed E-state index contributed by atoms with van der Waals surface area (Å²) in [5, 5.41) is 3.18. The van der Waals surface area contributed by atoms with E-state index in [0.717, 1.165) is 0 Å². The molecular weight excluding hydrogens is 592 g/mol. The smallest absolute Gasteiger partial charge is 0.328 e. The summed E-state index contributed by atoms with van der Waals surface area (Å²) < 4.78 is 20.2. The van der Waals surface area contributed by atoms with Crippen LogP contribution in [-0.2, 0) is 18.9 Å². The number of fused-ring (bicyclic) bond motifs is 3. The van der Waals surface area contributed by atoms with Gasteiger partial charge in [-0.2, -0.15) is 4.98 Å². The Labute approximate surface area is 254 Å². The Hall–Kier alpha value is -5.04. The van der Waals surface area contributed by atoms with Crippen LogP contribution in [0, 0.1) is 5.92 Å². The number of hydrogen-bond acceptors (Lipinski definition) is 10. The molecule has 0 fully saturated rings. The molecule has 4 heterocycles. The minimum absolute atomic E-state index is 0.00849. The number of nitrogens with one attached hydrogen (secondary N) is 2. The normalized spacial score (nSPS) is 22.0. The van der Waals surface area contributed by atoms with Crippen LogP contribution >= 0.6 is 11.6 Å².